The zero-order valence-corrected chi connectivity index (χ0v) is 11.4. The number of likely N-dealkylation sites (tertiary alicyclic amines) is 1. The zero-order valence-electron chi connectivity index (χ0n) is 11.4. The number of piperidine rings is 1. The first-order valence-corrected chi connectivity index (χ1v) is 6.78. The van der Waals surface area contributed by atoms with Crippen molar-refractivity contribution in [2.75, 3.05) is 13.1 Å². The maximum atomic E-state index is 12.0. The fourth-order valence-corrected chi connectivity index (χ4v) is 2.63. The van der Waals surface area contributed by atoms with Gasteiger partial charge in [-0.05, 0) is 24.1 Å². The minimum Gasteiger partial charge on any atom is -0.508 e. The molecule has 0 saturated carbocycles. The van der Waals surface area contributed by atoms with Crippen molar-refractivity contribution in [1.82, 2.24) is 4.90 Å². The Bertz CT molecular complexity index is 452. The molecule has 1 N–H and O–H groups in total. The van der Waals surface area contributed by atoms with E-state index in [2.05, 4.69) is 11.5 Å². The number of carbonyl (C=O) groups is 1. The van der Waals surface area contributed by atoms with Gasteiger partial charge in [0.15, 0.2) is 0 Å². The lowest BCUT2D eigenvalue weighted by Crippen LogP contribution is -2.42. The highest BCUT2D eigenvalue weighted by molar-refractivity contribution is 5.82. The van der Waals surface area contributed by atoms with Crippen LogP contribution in [-0.2, 0) is 4.79 Å². The van der Waals surface area contributed by atoms with Crippen LogP contribution in [0.4, 0.5) is 0 Å². The number of rotatable bonds is 4. The maximum absolute atomic E-state index is 12.0. The van der Waals surface area contributed by atoms with E-state index >= 15 is 0 Å². The molecule has 0 amide bonds. The number of hydrogen-bond acceptors (Lipinski definition) is 3. The predicted molar refractivity (Wildman–Crippen MR) is 76.0 cm³/mol. The summed E-state index contributed by atoms with van der Waals surface area (Å²) in [7, 11) is 0. The van der Waals surface area contributed by atoms with Crippen molar-refractivity contribution < 1.29 is 9.90 Å². The first-order valence-electron chi connectivity index (χ1n) is 6.78. The van der Waals surface area contributed by atoms with Crippen LogP contribution < -0.4 is 0 Å². The molecule has 2 rings (SSSR count). The molecular weight excluding hydrogens is 238 g/mol. The molecule has 0 spiro atoms. The van der Waals surface area contributed by atoms with Crippen molar-refractivity contribution in [1.29, 1.82) is 0 Å². The van der Waals surface area contributed by atoms with E-state index in [1.165, 1.54) is 0 Å². The number of phenolic OH excluding ortho intramolecular Hbond substituents is 1. The van der Waals surface area contributed by atoms with Crippen LogP contribution in [0.5, 0.6) is 5.75 Å². The molecule has 1 heterocycles. The molecule has 1 aromatic carbocycles. The van der Waals surface area contributed by atoms with Gasteiger partial charge >= 0.3 is 0 Å². The summed E-state index contributed by atoms with van der Waals surface area (Å²) in [6.45, 7) is 7.49. The van der Waals surface area contributed by atoms with E-state index in [-0.39, 0.29) is 17.7 Å². The predicted octanol–water partition coefficient (Wildman–Crippen LogP) is 2.92. The zero-order chi connectivity index (χ0) is 13.8. The molecule has 1 aliphatic rings. The minimum atomic E-state index is 0.109. The Morgan fingerprint density at radius 3 is 2.74 bits per heavy atom. The van der Waals surface area contributed by atoms with Crippen LogP contribution in [0.25, 0.3) is 0 Å². The molecule has 1 fully saturated rings. The van der Waals surface area contributed by atoms with Gasteiger partial charge in [0.1, 0.15) is 11.5 Å². The Morgan fingerprint density at radius 1 is 1.42 bits per heavy atom. The smallest absolute Gasteiger partial charge is 0.138 e. The molecule has 0 unspecified atom stereocenters. The van der Waals surface area contributed by atoms with Gasteiger partial charge in [0, 0.05) is 31.5 Å². The van der Waals surface area contributed by atoms with Crippen LogP contribution in [0, 0.1) is 5.92 Å². The lowest BCUT2D eigenvalue weighted by atomic mass is 9.88. The molecule has 1 aliphatic heterocycles. The van der Waals surface area contributed by atoms with E-state index in [9.17, 15) is 9.90 Å². The van der Waals surface area contributed by atoms with Crippen LogP contribution in [0.15, 0.2) is 36.9 Å². The number of Topliss-reactive ketones (excluding diaryl/α,β-unsaturated/α-hetero) is 1. The van der Waals surface area contributed by atoms with Gasteiger partial charge in [-0.2, -0.15) is 0 Å². The highest BCUT2D eigenvalue weighted by Crippen LogP contribution is 2.32. The van der Waals surface area contributed by atoms with E-state index in [0.717, 1.165) is 25.1 Å². The van der Waals surface area contributed by atoms with Gasteiger partial charge in [-0.3, -0.25) is 9.69 Å². The molecule has 0 bridgehead atoms. The summed E-state index contributed by atoms with van der Waals surface area (Å²) in [5, 5.41) is 9.36. The fraction of sp³-hybridized carbons (Fsp3) is 0.438. The average Bonchev–Trinajstić information content (AvgIpc) is 2.41. The SMILES string of the molecule is C=CCCN1C[C@H](C)C(=O)C[C@H]1c1ccc(O)cc1. The van der Waals surface area contributed by atoms with Crippen LogP contribution in [0.3, 0.4) is 0 Å². The Hall–Kier alpha value is -1.61. The summed E-state index contributed by atoms with van der Waals surface area (Å²) in [5.41, 5.74) is 1.10. The van der Waals surface area contributed by atoms with E-state index < -0.39 is 0 Å². The summed E-state index contributed by atoms with van der Waals surface area (Å²) in [6, 6.07) is 7.31. The van der Waals surface area contributed by atoms with E-state index in [4.69, 9.17) is 0 Å². The third-order valence-corrected chi connectivity index (χ3v) is 3.79. The monoisotopic (exact) mass is 259 g/mol. The number of phenols is 1. The van der Waals surface area contributed by atoms with Gasteiger partial charge in [-0.15, -0.1) is 6.58 Å². The summed E-state index contributed by atoms with van der Waals surface area (Å²) in [6.07, 6.45) is 3.40. The summed E-state index contributed by atoms with van der Waals surface area (Å²) < 4.78 is 0. The Balaban J connectivity index is 2.19. The van der Waals surface area contributed by atoms with E-state index in [0.29, 0.717) is 12.2 Å². The second-order valence-corrected chi connectivity index (χ2v) is 5.25. The van der Waals surface area contributed by atoms with Gasteiger partial charge in [-0.25, -0.2) is 0 Å². The lowest BCUT2D eigenvalue weighted by Gasteiger charge is -2.38. The van der Waals surface area contributed by atoms with Crippen molar-refractivity contribution in [2.45, 2.75) is 25.8 Å². The highest BCUT2D eigenvalue weighted by atomic mass is 16.3. The largest absolute Gasteiger partial charge is 0.508 e. The van der Waals surface area contributed by atoms with Crippen LogP contribution >= 0.6 is 0 Å². The molecule has 19 heavy (non-hydrogen) atoms. The van der Waals surface area contributed by atoms with Gasteiger partial charge < -0.3 is 5.11 Å². The molecule has 102 valence electrons. The maximum Gasteiger partial charge on any atom is 0.138 e. The quantitative estimate of drug-likeness (QED) is 0.845. The molecule has 0 aliphatic carbocycles. The summed E-state index contributed by atoms with van der Waals surface area (Å²) in [4.78, 5) is 14.3. The van der Waals surface area contributed by atoms with Crippen LogP contribution in [0.2, 0.25) is 0 Å². The van der Waals surface area contributed by atoms with Gasteiger partial charge in [0.25, 0.3) is 0 Å². The van der Waals surface area contributed by atoms with Crippen molar-refractivity contribution in [3.8, 4) is 5.75 Å². The van der Waals surface area contributed by atoms with Crippen molar-refractivity contribution in [2.24, 2.45) is 5.92 Å². The van der Waals surface area contributed by atoms with Gasteiger partial charge in [0.05, 0.1) is 0 Å². The molecular formula is C16H21NO2. The number of carbonyl (C=O) groups excluding carboxylic acids is 1. The standard InChI is InChI=1S/C16H21NO2/c1-3-4-9-17-11-12(2)16(19)10-15(17)13-5-7-14(18)8-6-13/h3,5-8,12,15,18H,1,4,9-11H2,2H3/t12-,15-/m0/s1. The summed E-state index contributed by atoms with van der Waals surface area (Å²) >= 11 is 0. The Morgan fingerprint density at radius 2 is 2.11 bits per heavy atom. The Kier molecular flexibility index (Phi) is 4.38. The van der Waals surface area contributed by atoms with E-state index in [1.54, 1.807) is 12.1 Å². The number of hydrogen-bond donors (Lipinski definition) is 1. The van der Waals surface area contributed by atoms with Crippen molar-refractivity contribution in [3.05, 3.63) is 42.5 Å². The van der Waals surface area contributed by atoms with Crippen LogP contribution in [0.1, 0.15) is 31.4 Å². The molecule has 1 aromatic rings. The molecule has 1 saturated heterocycles. The third-order valence-electron chi connectivity index (χ3n) is 3.79. The second kappa shape index (κ2) is 6.02. The average molecular weight is 259 g/mol. The minimum absolute atomic E-state index is 0.109. The van der Waals surface area contributed by atoms with Gasteiger partial charge in [-0.1, -0.05) is 25.1 Å². The Labute approximate surface area is 114 Å². The first kappa shape index (κ1) is 13.8. The number of aromatic hydroxyl groups is 1. The number of benzene rings is 1. The van der Waals surface area contributed by atoms with E-state index in [1.807, 2.05) is 25.1 Å². The molecule has 3 heteroatoms. The van der Waals surface area contributed by atoms with Crippen LogP contribution in [-0.4, -0.2) is 28.9 Å². The fourth-order valence-electron chi connectivity index (χ4n) is 2.63. The third kappa shape index (κ3) is 3.24. The normalized spacial score (nSPS) is 24.4. The number of ketones is 1. The first-order chi connectivity index (χ1) is 9.11. The molecule has 2 atom stereocenters. The molecule has 0 aromatic heterocycles. The highest BCUT2D eigenvalue weighted by Gasteiger charge is 2.32. The molecule has 0 radical (unpaired) electrons. The molecule has 3 nitrogen and oxygen atoms in total. The second-order valence-electron chi connectivity index (χ2n) is 5.25. The van der Waals surface area contributed by atoms with Crippen molar-refractivity contribution >= 4 is 5.78 Å². The lowest BCUT2D eigenvalue weighted by molar-refractivity contribution is -0.127. The number of nitrogens with zero attached hydrogens (tertiary/aromatic N) is 1. The van der Waals surface area contributed by atoms with Crippen molar-refractivity contribution in [3.63, 3.8) is 0 Å². The topological polar surface area (TPSA) is 40.5 Å². The summed E-state index contributed by atoms with van der Waals surface area (Å²) in [5.74, 6) is 0.697. The van der Waals surface area contributed by atoms with Gasteiger partial charge in [0.2, 0.25) is 0 Å².